The molecule has 114 valence electrons. The number of ether oxygens (including phenoxy) is 3. The first kappa shape index (κ1) is 16.4. The van der Waals surface area contributed by atoms with E-state index < -0.39 is 6.16 Å². The van der Waals surface area contributed by atoms with Gasteiger partial charge in [-0.3, -0.25) is 0 Å². The molecule has 0 atom stereocenters. The quantitative estimate of drug-likeness (QED) is 0.409. The minimum absolute atomic E-state index is 0.156. The number of methoxy groups -OCH3 is 1. The fourth-order valence-corrected chi connectivity index (χ4v) is 2.52. The van der Waals surface area contributed by atoms with Gasteiger partial charge in [0.25, 0.3) is 0 Å². The Balaban J connectivity index is 2.06. The highest BCUT2D eigenvalue weighted by Gasteiger charge is 2.16. The summed E-state index contributed by atoms with van der Waals surface area (Å²) in [6.07, 6.45) is 0.925. The first-order chi connectivity index (χ1) is 10.6. The van der Waals surface area contributed by atoms with Gasteiger partial charge in [0.15, 0.2) is 11.5 Å². The van der Waals surface area contributed by atoms with Gasteiger partial charge in [-0.1, -0.05) is 43.0 Å². The molecule has 0 aliphatic heterocycles. The number of carbonyl (C=O) groups excluding carboxylic acids is 1. The first-order valence-corrected chi connectivity index (χ1v) is 7.60. The van der Waals surface area contributed by atoms with Gasteiger partial charge in [0.1, 0.15) is 6.61 Å². The first-order valence-electron chi connectivity index (χ1n) is 6.52. The lowest BCUT2D eigenvalue weighted by Crippen LogP contribution is -2.12. The highest BCUT2D eigenvalue weighted by Crippen LogP contribution is 2.34. The molecule has 0 aromatic heterocycles. The zero-order valence-corrected chi connectivity index (χ0v) is 14.2. The fraction of sp³-hybridized carbons (Fsp3) is 0.118. The second-order valence-corrected chi connectivity index (χ2v) is 5.53. The molecule has 0 aliphatic rings. The van der Waals surface area contributed by atoms with Crippen molar-refractivity contribution in [1.29, 1.82) is 0 Å². The van der Waals surface area contributed by atoms with Crippen LogP contribution >= 0.6 is 22.6 Å². The molecule has 0 spiro atoms. The Labute approximate surface area is 142 Å². The standard InChI is InChI=1S/C17H15IO4/c1-3-12-9-14(18)16(15(10-12)20-2)22-17(19)21-11-13-7-5-4-6-8-13/h3-10H,1,11H2,2H3. The van der Waals surface area contributed by atoms with Gasteiger partial charge in [-0.25, -0.2) is 4.79 Å². The van der Waals surface area contributed by atoms with E-state index in [1.807, 2.05) is 36.4 Å². The van der Waals surface area contributed by atoms with Crippen LogP contribution in [0.1, 0.15) is 11.1 Å². The molecule has 0 aliphatic carbocycles. The van der Waals surface area contributed by atoms with Crippen LogP contribution in [0.2, 0.25) is 0 Å². The molecule has 0 radical (unpaired) electrons. The molecule has 0 saturated carbocycles. The summed E-state index contributed by atoms with van der Waals surface area (Å²) in [6.45, 7) is 3.87. The van der Waals surface area contributed by atoms with E-state index >= 15 is 0 Å². The van der Waals surface area contributed by atoms with Crippen LogP contribution in [0.3, 0.4) is 0 Å². The molecular formula is C17H15IO4. The van der Waals surface area contributed by atoms with Crippen molar-refractivity contribution in [2.75, 3.05) is 7.11 Å². The summed E-state index contributed by atoms with van der Waals surface area (Å²) >= 11 is 2.07. The van der Waals surface area contributed by atoms with Crippen LogP contribution in [-0.4, -0.2) is 13.3 Å². The molecule has 0 amide bonds. The van der Waals surface area contributed by atoms with E-state index in [9.17, 15) is 4.79 Å². The highest BCUT2D eigenvalue weighted by molar-refractivity contribution is 14.1. The largest absolute Gasteiger partial charge is 0.514 e. The zero-order valence-electron chi connectivity index (χ0n) is 12.0. The number of hydrogen-bond donors (Lipinski definition) is 0. The third-order valence-corrected chi connectivity index (χ3v) is 3.67. The van der Waals surface area contributed by atoms with Crippen molar-refractivity contribution in [2.45, 2.75) is 6.61 Å². The number of hydrogen-bond acceptors (Lipinski definition) is 4. The molecule has 0 unspecified atom stereocenters. The van der Waals surface area contributed by atoms with E-state index in [4.69, 9.17) is 14.2 Å². The van der Waals surface area contributed by atoms with Crippen LogP contribution in [0, 0.1) is 3.57 Å². The van der Waals surface area contributed by atoms with Gasteiger partial charge >= 0.3 is 6.16 Å². The van der Waals surface area contributed by atoms with E-state index in [2.05, 4.69) is 29.2 Å². The number of benzene rings is 2. The summed E-state index contributed by atoms with van der Waals surface area (Å²) in [7, 11) is 1.51. The third-order valence-electron chi connectivity index (χ3n) is 2.87. The summed E-state index contributed by atoms with van der Waals surface area (Å²) in [4.78, 5) is 11.8. The Morgan fingerprint density at radius 2 is 2.00 bits per heavy atom. The number of halogens is 1. The second kappa shape index (κ2) is 7.84. The predicted molar refractivity (Wildman–Crippen MR) is 93.1 cm³/mol. The molecular weight excluding hydrogens is 395 g/mol. The van der Waals surface area contributed by atoms with E-state index in [0.29, 0.717) is 11.5 Å². The smallest absolute Gasteiger partial charge is 0.493 e. The van der Waals surface area contributed by atoms with Crippen LogP contribution in [-0.2, 0) is 11.3 Å². The van der Waals surface area contributed by atoms with Gasteiger partial charge < -0.3 is 14.2 Å². The monoisotopic (exact) mass is 410 g/mol. The Bertz CT molecular complexity index is 668. The summed E-state index contributed by atoms with van der Waals surface area (Å²) in [5.74, 6) is 0.797. The lowest BCUT2D eigenvalue weighted by molar-refractivity contribution is 0.0914. The molecule has 2 aromatic rings. The van der Waals surface area contributed by atoms with E-state index in [0.717, 1.165) is 14.7 Å². The third kappa shape index (κ3) is 4.24. The SMILES string of the molecule is C=Cc1cc(I)c(OC(=O)OCc2ccccc2)c(OC)c1. The Morgan fingerprint density at radius 1 is 1.27 bits per heavy atom. The van der Waals surface area contributed by atoms with Gasteiger partial charge in [0, 0.05) is 0 Å². The molecule has 0 N–H and O–H groups in total. The van der Waals surface area contributed by atoms with Gasteiger partial charge in [0.2, 0.25) is 0 Å². The maximum atomic E-state index is 11.8. The summed E-state index contributed by atoms with van der Waals surface area (Å²) in [5.41, 5.74) is 1.77. The molecule has 0 saturated heterocycles. The van der Waals surface area contributed by atoms with Crippen LogP contribution in [0.25, 0.3) is 6.08 Å². The van der Waals surface area contributed by atoms with E-state index in [-0.39, 0.29) is 6.61 Å². The van der Waals surface area contributed by atoms with Crippen LogP contribution < -0.4 is 9.47 Å². The van der Waals surface area contributed by atoms with Crippen molar-refractivity contribution < 1.29 is 19.0 Å². The average molecular weight is 410 g/mol. The van der Waals surface area contributed by atoms with Crippen LogP contribution in [0.5, 0.6) is 11.5 Å². The molecule has 0 bridgehead atoms. The van der Waals surface area contributed by atoms with Gasteiger partial charge in [-0.2, -0.15) is 0 Å². The summed E-state index contributed by atoms with van der Waals surface area (Å²) in [6, 6.07) is 13.0. The lowest BCUT2D eigenvalue weighted by Gasteiger charge is -2.12. The minimum atomic E-state index is -0.772. The van der Waals surface area contributed by atoms with Crippen molar-refractivity contribution in [3.63, 3.8) is 0 Å². The highest BCUT2D eigenvalue weighted by atomic mass is 127. The normalized spacial score (nSPS) is 9.91. The Hall–Kier alpha value is -2.02. The average Bonchev–Trinajstić information content (AvgIpc) is 2.55. The van der Waals surface area contributed by atoms with Crippen LogP contribution in [0.4, 0.5) is 4.79 Å². The number of carbonyl (C=O) groups is 1. The second-order valence-electron chi connectivity index (χ2n) is 4.36. The fourth-order valence-electron chi connectivity index (χ4n) is 1.79. The molecule has 22 heavy (non-hydrogen) atoms. The van der Waals surface area contributed by atoms with Crippen molar-refractivity contribution in [2.24, 2.45) is 0 Å². The molecule has 2 rings (SSSR count). The minimum Gasteiger partial charge on any atom is -0.493 e. The van der Waals surface area contributed by atoms with Crippen molar-refractivity contribution >= 4 is 34.8 Å². The Morgan fingerprint density at radius 3 is 2.64 bits per heavy atom. The molecule has 5 heteroatoms. The molecule has 2 aromatic carbocycles. The van der Waals surface area contributed by atoms with Gasteiger partial charge in [-0.05, 0) is 45.9 Å². The van der Waals surface area contributed by atoms with Crippen LogP contribution in [0.15, 0.2) is 49.0 Å². The maximum Gasteiger partial charge on any atom is 0.514 e. The van der Waals surface area contributed by atoms with Gasteiger partial charge in [-0.15, -0.1) is 0 Å². The lowest BCUT2D eigenvalue weighted by atomic mass is 10.2. The zero-order chi connectivity index (χ0) is 15.9. The molecule has 0 heterocycles. The topological polar surface area (TPSA) is 44.8 Å². The van der Waals surface area contributed by atoms with Crippen molar-refractivity contribution in [3.8, 4) is 11.5 Å². The number of rotatable bonds is 5. The van der Waals surface area contributed by atoms with Gasteiger partial charge in [0.05, 0.1) is 10.7 Å². The molecule has 0 fully saturated rings. The predicted octanol–water partition coefficient (Wildman–Crippen LogP) is 4.66. The van der Waals surface area contributed by atoms with Crippen molar-refractivity contribution in [1.82, 2.24) is 0 Å². The Kier molecular flexibility index (Phi) is 5.83. The van der Waals surface area contributed by atoms with E-state index in [1.165, 1.54) is 7.11 Å². The summed E-state index contributed by atoms with van der Waals surface area (Å²) < 4.78 is 16.3. The summed E-state index contributed by atoms with van der Waals surface area (Å²) in [5, 5.41) is 0. The maximum absolute atomic E-state index is 11.8. The molecule has 4 nitrogen and oxygen atoms in total. The van der Waals surface area contributed by atoms with Crippen molar-refractivity contribution in [3.05, 3.63) is 63.7 Å². The van der Waals surface area contributed by atoms with E-state index in [1.54, 1.807) is 12.1 Å².